The van der Waals surface area contributed by atoms with E-state index in [9.17, 15) is 4.21 Å². The highest BCUT2D eigenvalue weighted by Crippen LogP contribution is 2.17. The van der Waals surface area contributed by atoms with Crippen molar-refractivity contribution < 1.29 is 4.21 Å². The van der Waals surface area contributed by atoms with E-state index in [0.29, 0.717) is 17.5 Å². The third-order valence-corrected chi connectivity index (χ3v) is 3.99. The molecule has 0 bridgehead atoms. The molecule has 0 aliphatic carbocycles. The van der Waals surface area contributed by atoms with Gasteiger partial charge in [-0.3, -0.25) is 4.21 Å². The maximum atomic E-state index is 11.3. The van der Waals surface area contributed by atoms with Gasteiger partial charge in [0.2, 0.25) is 0 Å². The van der Waals surface area contributed by atoms with Crippen molar-refractivity contribution in [1.82, 2.24) is 9.97 Å². The van der Waals surface area contributed by atoms with Crippen molar-refractivity contribution in [3.63, 3.8) is 0 Å². The standard InChI is InChI=1S/C14H16ClN3OS/c1-10-16-13(15)8-14(17-10)18(2)9-11-4-6-12(7-5-11)20(3)19/h4-8H,9H2,1-3H3/t20-/m1/s1. The fourth-order valence-corrected chi connectivity index (χ4v) is 2.59. The van der Waals surface area contributed by atoms with Crippen molar-refractivity contribution in [2.75, 3.05) is 18.2 Å². The summed E-state index contributed by atoms with van der Waals surface area (Å²) in [5, 5.41) is 0.441. The SMILES string of the molecule is Cc1nc(Cl)cc(N(C)Cc2ccc([S@@](C)=O)cc2)n1. The molecule has 0 unspecified atom stereocenters. The molecule has 1 aromatic heterocycles. The molecule has 2 rings (SSSR count). The lowest BCUT2D eigenvalue weighted by molar-refractivity contribution is 0.686. The lowest BCUT2D eigenvalue weighted by atomic mass is 10.2. The van der Waals surface area contributed by atoms with Gasteiger partial charge in [-0.25, -0.2) is 9.97 Å². The van der Waals surface area contributed by atoms with Crippen molar-refractivity contribution in [1.29, 1.82) is 0 Å². The molecule has 0 radical (unpaired) electrons. The van der Waals surface area contributed by atoms with Crippen LogP contribution < -0.4 is 4.90 Å². The van der Waals surface area contributed by atoms with Gasteiger partial charge in [0, 0.05) is 41.6 Å². The number of anilines is 1. The maximum Gasteiger partial charge on any atom is 0.134 e. The number of benzene rings is 1. The first-order valence-electron chi connectivity index (χ1n) is 6.10. The molecule has 20 heavy (non-hydrogen) atoms. The monoisotopic (exact) mass is 309 g/mol. The summed E-state index contributed by atoms with van der Waals surface area (Å²) in [5.41, 5.74) is 1.12. The second-order valence-electron chi connectivity index (χ2n) is 4.55. The highest BCUT2D eigenvalue weighted by molar-refractivity contribution is 7.84. The lowest BCUT2D eigenvalue weighted by Crippen LogP contribution is -2.18. The van der Waals surface area contributed by atoms with Crippen LogP contribution in [0.5, 0.6) is 0 Å². The summed E-state index contributed by atoms with van der Waals surface area (Å²) >= 11 is 5.94. The Morgan fingerprint density at radius 2 is 1.90 bits per heavy atom. The van der Waals surface area contributed by atoms with E-state index >= 15 is 0 Å². The number of halogens is 1. The van der Waals surface area contributed by atoms with Gasteiger partial charge in [-0.05, 0) is 24.6 Å². The zero-order valence-electron chi connectivity index (χ0n) is 11.6. The second kappa shape index (κ2) is 6.33. The Morgan fingerprint density at radius 1 is 1.25 bits per heavy atom. The van der Waals surface area contributed by atoms with Crippen molar-refractivity contribution >= 4 is 28.2 Å². The highest BCUT2D eigenvalue weighted by Gasteiger charge is 2.07. The molecule has 0 fully saturated rings. The van der Waals surface area contributed by atoms with Crippen LogP contribution in [0.25, 0.3) is 0 Å². The summed E-state index contributed by atoms with van der Waals surface area (Å²) in [6, 6.07) is 9.46. The first kappa shape index (κ1) is 14.9. The predicted molar refractivity (Wildman–Crippen MR) is 82.7 cm³/mol. The molecule has 0 saturated carbocycles. The predicted octanol–water partition coefficient (Wildman–Crippen LogP) is 2.81. The molecule has 0 saturated heterocycles. The maximum absolute atomic E-state index is 11.3. The van der Waals surface area contributed by atoms with Crippen LogP contribution in [0.4, 0.5) is 5.82 Å². The van der Waals surface area contributed by atoms with Crippen LogP contribution in [-0.2, 0) is 17.3 Å². The van der Waals surface area contributed by atoms with E-state index in [-0.39, 0.29) is 0 Å². The van der Waals surface area contributed by atoms with E-state index in [4.69, 9.17) is 11.6 Å². The van der Waals surface area contributed by atoms with Gasteiger partial charge < -0.3 is 4.90 Å². The Hall–Kier alpha value is -1.46. The van der Waals surface area contributed by atoms with Gasteiger partial charge in [0.25, 0.3) is 0 Å². The van der Waals surface area contributed by atoms with Gasteiger partial charge in [-0.1, -0.05) is 23.7 Å². The summed E-state index contributed by atoms with van der Waals surface area (Å²) < 4.78 is 11.3. The second-order valence-corrected chi connectivity index (χ2v) is 6.32. The molecule has 2 aromatic rings. The third-order valence-electron chi connectivity index (χ3n) is 2.86. The van der Waals surface area contributed by atoms with Gasteiger partial charge >= 0.3 is 0 Å². The molecule has 1 aromatic carbocycles. The fourth-order valence-electron chi connectivity index (χ4n) is 1.85. The van der Waals surface area contributed by atoms with Crippen molar-refractivity contribution in [2.24, 2.45) is 0 Å². The van der Waals surface area contributed by atoms with Crippen LogP contribution in [0.3, 0.4) is 0 Å². The smallest absolute Gasteiger partial charge is 0.134 e. The van der Waals surface area contributed by atoms with Gasteiger partial charge in [0.05, 0.1) is 0 Å². The average molecular weight is 310 g/mol. The van der Waals surface area contributed by atoms with Crippen LogP contribution in [0.2, 0.25) is 5.15 Å². The summed E-state index contributed by atoms with van der Waals surface area (Å²) in [7, 11) is 1.00. The Bertz CT molecular complexity index is 611. The Kier molecular flexibility index (Phi) is 4.73. The Labute approximate surface area is 126 Å². The molecule has 0 aliphatic heterocycles. The molecule has 1 atom stereocenters. The zero-order valence-corrected chi connectivity index (χ0v) is 13.2. The molecule has 0 spiro atoms. The molecular formula is C14H16ClN3OS. The normalized spacial score (nSPS) is 12.2. The molecular weight excluding hydrogens is 294 g/mol. The molecule has 106 valence electrons. The molecule has 1 heterocycles. The number of aromatic nitrogens is 2. The highest BCUT2D eigenvalue weighted by atomic mass is 35.5. The van der Waals surface area contributed by atoms with Crippen molar-refractivity contribution in [3.05, 3.63) is 46.9 Å². The zero-order chi connectivity index (χ0) is 14.7. The largest absolute Gasteiger partial charge is 0.355 e. The fraction of sp³-hybridized carbons (Fsp3) is 0.286. The van der Waals surface area contributed by atoms with Crippen LogP contribution in [-0.4, -0.2) is 27.5 Å². The van der Waals surface area contributed by atoms with E-state index < -0.39 is 10.8 Å². The van der Waals surface area contributed by atoms with Gasteiger partial charge in [-0.2, -0.15) is 0 Å². The summed E-state index contributed by atoms with van der Waals surface area (Å²) in [5.74, 6) is 1.43. The number of rotatable bonds is 4. The van der Waals surface area contributed by atoms with E-state index in [0.717, 1.165) is 16.3 Å². The minimum absolute atomic E-state index is 0.441. The van der Waals surface area contributed by atoms with Crippen LogP contribution in [0, 0.1) is 6.92 Å². The Morgan fingerprint density at radius 3 is 2.45 bits per heavy atom. The van der Waals surface area contributed by atoms with Crippen LogP contribution >= 0.6 is 11.6 Å². The van der Waals surface area contributed by atoms with Crippen molar-refractivity contribution in [2.45, 2.75) is 18.4 Å². The van der Waals surface area contributed by atoms with E-state index in [2.05, 4.69) is 9.97 Å². The lowest BCUT2D eigenvalue weighted by Gasteiger charge is -2.18. The minimum Gasteiger partial charge on any atom is -0.355 e. The third kappa shape index (κ3) is 3.77. The average Bonchev–Trinajstić information content (AvgIpc) is 2.38. The topological polar surface area (TPSA) is 46.1 Å². The number of hydrogen-bond donors (Lipinski definition) is 0. The van der Waals surface area contributed by atoms with Gasteiger partial charge in [0.1, 0.15) is 16.8 Å². The van der Waals surface area contributed by atoms with E-state index in [1.54, 1.807) is 12.3 Å². The first-order valence-corrected chi connectivity index (χ1v) is 8.04. The number of nitrogens with zero attached hydrogens (tertiary/aromatic N) is 3. The van der Waals surface area contributed by atoms with Gasteiger partial charge in [-0.15, -0.1) is 0 Å². The van der Waals surface area contributed by atoms with E-state index in [1.807, 2.05) is 43.1 Å². The number of hydrogen-bond acceptors (Lipinski definition) is 4. The van der Waals surface area contributed by atoms with Gasteiger partial charge in [0.15, 0.2) is 0 Å². The molecule has 0 aliphatic rings. The van der Waals surface area contributed by atoms with Crippen LogP contribution in [0.15, 0.2) is 35.2 Å². The minimum atomic E-state index is -0.944. The molecule has 4 nitrogen and oxygen atoms in total. The first-order chi connectivity index (χ1) is 9.45. The van der Waals surface area contributed by atoms with Crippen molar-refractivity contribution in [3.8, 4) is 0 Å². The quantitative estimate of drug-likeness (QED) is 0.815. The summed E-state index contributed by atoms with van der Waals surface area (Å²) in [6.45, 7) is 2.51. The molecule has 0 amide bonds. The van der Waals surface area contributed by atoms with E-state index in [1.165, 1.54) is 0 Å². The Balaban J connectivity index is 2.14. The molecule has 6 heteroatoms. The molecule has 0 N–H and O–H groups in total. The number of aryl methyl sites for hydroxylation is 1. The summed E-state index contributed by atoms with van der Waals surface area (Å²) in [6.07, 6.45) is 1.67. The summed E-state index contributed by atoms with van der Waals surface area (Å²) in [4.78, 5) is 11.2. The van der Waals surface area contributed by atoms with Crippen LogP contribution in [0.1, 0.15) is 11.4 Å².